The third-order valence-electron chi connectivity index (χ3n) is 2.74. The summed E-state index contributed by atoms with van der Waals surface area (Å²) >= 11 is 2.20. The van der Waals surface area contributed by atoms with E-state index in [-0.39, 0.29) is 0 Å². The molecule has 6 heteroatoms. The molecule has 1 fully saturated rings. The van der Waals surface area contributed by atoms with Gasteiger partial charge in [-0.1, -0.05) is 0 Å². The van der Waals surface area contributed by atoms with E-state index in [1.165, 1.54) is 19.3 Å². The van der Waals surface area contributed by atoms with Crippen molar-refractivity contribution in [3.63, 3.8) is 0 Å². The lowest BCUT2D eigenvalue weighted by molar-refractivity contribution is 0.444. The van der Waals surface area contributed by atoms with E-state index < -0.39 is 0 Å². The molecule has 1 N–H and O–H groups in total. The minimum Gasteiger partial charge on any atom is -0.365 e. The van der Waals surface area contributed by atoms with E-state index in [4.69, 9.17) is 0 Å². The van der Waals surface area contributed by atoms with Crippen LogP contribution in [0.5, 0.6) is 0 Å². The van der Waals surface area contributed by atoms with Gasteiger partial charge in [-0.2, -0.15) is 5.10 Å². The first-order valence-corrected chi connectivity index (χ1v) is 6.03. The largest absolute Gasteiger partial charge is 0.365 e. The van der Waals surface area contributed by atoms with E-state index in [2.05, 4.69) is 43.0 Å². The first-order chi connectivity index (χ1) is 7.34. The third kappa shape index (κ3) is 1.56. The summed E-state index contributed by atoms with van der Waals surface area (Å²) in [6.45, 7) is 0. The maximum absolute atomic E-state index is 4.27. The quantitative estimate of drug-likeness (QED) is 0.857. The van der Waals surface area contributed by atoms with Gasteiger partial charge < -0.3 is 5.32 Å². The van der Waals surface area contributed by atoms with Gasteiger partial charge in [0.05, 0.1) is 0 Å². The molecule has 3 rings (SSSR count). The Morgan fingerprint density at radius 1 is 1.40 bits per heavy atom. The van der Waals surface area contributed by atoms with Crippen LogP contribution in [0.15, 0.2) is 12.7 Å². The van der Waals surface area contributed by atoms with Gasteiger partial charge in [0.25, 0.3) is 0 Å². The second kappa shape index (κ2) is 3.58. The highest BCUT2D eigenvalue weighted by Crippen LogP contribution is 2.25. The Kier molecular flexibility index (Phi) is 2.23. The first kappa shape index (κ1) is 9.32. The number of nitrogens with one attached hydrogen (secondary N) is 1. The number of nitrogens with zero attached hydrogens (tertiary/aromatic N) is 4. The zero-order chi connectivity index (χ0) is 10.3. The lowest BCUT2D eigenvalue weighted by Gasteiger charge is -2.26. The molecule has 2 aromatic heterocycles. The van der Waals surface area contributed by atoms with Crippen molar-refractivity contribution in [2.24, 2.45) is 0 Å². The second-order valence-corrected chi connectivity index (χ2v) is 4.73. The van der Waals surface area contributed by atoms with E-state index in [0.29, 0.717) is 6.04 Å². The van der Waals surface area contributed by atoms with Crippen molar-refractivity contribution in [2.75, 3.05) is 5.32 Å². The van der Waals surface area contributed by atoms with Gasteiger partial charge in [-0.15, -0.1) is 0 Å². The molecule has 0 amide bonds. The standard InChI is InChI=1S/C9H10IN5/c10-8-7-9(14-6-2-1-3-6)11-4-13-15(7)5-12-8/h4-6H,1-3H2,(H,11,13,14). The summed E-state index contributed by atoms with van der Waals surface area (Å²) in [7, 11) is 0. The van der Waals surface area contributed by atoms with Crippen LogP contribution in [-0.4, -0.2) is 25.6 Å². The molecule has 0 spiro atoms. The van der Waals surface area contributed by atoms with E-state index in [1.807, 2.05) is 0 Å². The van der Waals surface area contributed by atoms with Crippen LogP contribution in [-0.2, 0) is 0 Å². The topological polar surface area (TPSA) is 55.1 Å². The number of halogens is 1. The number of fused-ring (bicyclic) bond motifs is 1. The van der Waals surface area contributed by atoms with Crippen molar-refractivity contribution >= 4 is 33.9 Å². The molecular formula is C9H10IN5. The Morgan fingerprint density at radius 2 is 2.27 bits per heavy atom. The van der Waals surface area contributed by atoms with Gasteiger partial charge in [0, 0.05) is 6.04 Å². The van der Waals surface area contributed by atoms with Crippen LogP contribution in [0.4, 0.5) is 5.82 Å². The number of imidazole rings is 1. The third-order valence-corrected chi connectivity index (χ3v) is 3.53. The number of rotatable bonds is 2. The van der Waals surface area contributed by atoms with Crippen LogP contribution in [0.25, 0.3) is 5.52 Å². The van der Waals surface area contributed by atoms with Gasteiger partial charge in [-0.25, -0.2) is 14.5 Å². The Hall–Kier alpha value is -0.920. The number of anilines is 1. The predicted molar refractivity (Wildman–Crippen MR) is 64.8 cm³/mol. The molecule has 5 nitrogen and oxygen atoms in total. The molecule has 0 aromatic carbocycles. The molecule has 2 heterocycles. The Bertz CT molecular complexity index is 490. The molecule has 1 saturated carbocycles. The number of hydrogen-bond acceptors (Lipinski definition) is 4. The first-order valence-electron chi connectivity index (χ1n) is 4.95. The molecule has 0 atom stereocenters. The molecular weight excluding hydrogens is 305 g/mol. The van der Waals surface area contributed by atoms with Crippen LogP contribution in [0.3, 0.4) is 0 Å². The summed E-state index contributed by atoms with van der Waals surface area (Å²) in [6.07, 6.45) is 7.06. The second-order valence-electron chi connectivity index (χ2n) is 3.71. The summed E-state index contributed by atoms with van der Waals surface area (Å²) < 4.78 is 2.70. The minimum absolute atomic E-state index is 0.578. The smallest absolute Gasteiger partial charge is 0.156 e. The summed E-state index contributed by atoms with van der Waals surface area (Å²) in [5.74, 6) is 0.900. The lowest BCUT2D eigenvalue weighted by Crippen LogP contribution is -2.27. The summed E-state index contributed by atoms with van der Waals surface area (Å²) in [5.41, 5.74) is 0.977. The molecule has 0 aliphatic heterocycles. The average molecular weight is 315 g/mol. The summed E-state index contributed by atoms with van der Waals surface area (Å²) in [5, 5.41) is 7.54. The van der Waals surface area contributed by atoms with Crippen LogP contribution in [0.1, 0.15) is 19.3 Å². The molecule has 1 aliphatic carbocycles. The summed E-state index contributed by atoms with van der Waals surface area (Å²) in [4.78, 5) is 8.49. The normalized spacial score (nSPS) is 16.6. The van der Waals surface area contributed by atoms with Crippen molar-refractivity contribution in [3.05, 3.63) is 16.4 Å². The van der Waals surface area contributed by atoms with Crippen molar-refractivity contribution in [1.82, 2.24) is 19.6 Å². The van der Waals surface area contributed by atoms with Gasteiger partial charge in [0.15, 0.2) is 5.82 Å². The minimum atomic E-state index is 0.578. The molecule has 15 heavy (non-hydrogen) atoms. The molecule has 0 saturated heterocycles. The number of aromatic nitrogens is 4. The van der Waals surface area contributed by atoms with Gasteiger partial charge in [-0.3, -0.25) is 0 Å². The zero-order valence-electron chi connectivity index (χ0n) is 8.02. The van der Waals surface area contributed by atoms with Gasteiger partial charge in [0.1, 0.15) is 21.9 Å². The Morgan fingerprint density at radius 3 is 3.00 bits per heavy atom. The van der Waals surface area contributed by atoms with E-state index >= 15 is 0 Å². The van der Waals surface area contributed by atoms with E-state index in [0.717, 1.165) is 15.0 Å². The Balaban J connectivity index is 2.04. The van der Waals surface area contributed by atoms with Crippen molar-refractivity contribution in [2.45, 2.75) is 25.3 Å². The highest BCUT2D eigenvalue weighted by atomic mass is 127. The van der Waals surface area contributed by atoms with Crippen molar-refractivity contribution in [1.29, 1.82) is 0 Å². The molecule has 78 valence electrons. The average Bonchev–Trinajstić information content (AvgIpc) is 2.55. The molecule has 0 radical (unpaired) electrons. The maximum atomic E-state index is 4.27. The molecule has 2 aromatic rings. The van der Waals surface area contributed by atoms with Crippen LogP contribution < -0.4 is 5.32 Å². The van der Waals surface area contributed by atoms with E-state index in [9.17, 15) is 0 Å². The molecule has 0 unspecified atom stereocenters. The maximum Gasteiger partial charge on any atom is 0.156 e. The Labute approximate surface area is 100 Å². The highest BCUT2D eigenvalue weighted by Gasteiger charge is 2.19. The van der Waals surface area contributed by atoms with E-state index in [1.54, 1.807) is 17.2 Å². The fourth-order valence-corrected chi connectivity index (χ4v) is 2.29. The highest BCUT2D eigenvalue weighted by molar-refractivity contribution is 14.1. The van der Waals surface area contributed by atoms with Crippen LogP contribution >= 0.6 is 22.6 Å². The van der Waals surface area contributed by atoms with Gasteiger partial charge in [0.2, 0.25) is 0 Å². The van der Waals surface area contributed by atoms with Crippen LogP contribution in [0.2, 0.25) is 0 Å². The lowest BCUT2D eigenvalue weighted by atomic mass is 9.93. The zero-order valence-corrected chi connectivity index (χ0v) is 10.2. The van der Waals surface area contributed by atoms with Gasteiger partial charge in [-0.05, 0) is 41.9 Å². The van der Waals surface area contributed by atoms with Crippen LogP contribution in [0, 0.1) is 3.70 Å². The SMILES string of the molecule is Ic1ncn2ncnc(NC3CCC3)c12. The fraction of sp³-hybridized carbons (Fsp3) is 0.444. The number of hydrogen-bond donors (Lipinski definition) is 1. The van der Waals surface area contributed by atoms with Crippen molar-refractivity contribution in [3.8, 4) is 0 Å². The monoisotopic (exact) mass is 315 g/mol. The summed E-state index contributed by atoms with van der Waals surface area (Å²) in [6, 6.07) is 0.578. The van der Waals surface area contributed by atoms with Gasteiger partial charge >= 0.3 is 0 Å². The fourth-order valence-electron chi connectivity index (χ4n) is 1.66. The predicted octanol–water partition coefficient (Wildman–Crippen LogP) is 1.69. The molecule has 0 bridgehead atoms. The van der Waals surface area contributed by atoms with Crippen molar-refractivity contribution < 1.29 is 0 Å². The molecule has 1 aliphatic rings.